The van der Waals surface area contributed by atoms with Crippen LogP contribution < -0.4 is 25.0 Å². The summed E-state index contributed by atoms with van der Waals surface area (Å²) in [7, 11) is 5.33. The lowest BCUT2D eigenvalue weighted by Crippen LogP contribution is -2.42. The third kappa shape index (κ3) is 5.59. The van der Waals surface area contributed by atoms with E-state index in [1.807, 2.05) is 36.4 Å². The van der Waals surface area contributed by atoms with Crippen LogP contribution in [-0.2, 0) is 7.05 Å². The number of aromatic nitrogens is 2. The molecule has 3 aromatic rings. The van der Waals surface area contributed by atoms with E-state index >= 15 is 0 Å². The topological polar surface area (TPSA) is 75.9 Å². The van der Waals surface area contributed by atoms with Gasteiger partial charge < -0.3 is 25.0 Å². The SMILES string of the molecule is COc1cc(OC)cc(N(c2ccc3c(c2)NC(c2cnn(C)c2)C=N3)C2CCC(NC(C)C)CC2)c1. The lowest BCUT2D eigenvalue weighted by Gasteiger charge is -2.39. The van der Waals surface area contributed by atoms with Crippen molar-refractivity contribution in [2.24, 2.45) is 12.0 Å². The van der Waals surface area contributed by atoms with Crippen LogP contribution in [0.1, 0.15) is 51.1 Å². The van der Waals surface area contributed by atoms with Gasteiger partial charge in [0, 0.05) is 72.7 Å². The molecule has 2 aliphatic rings. The molecule has 0 saturated heterocycles. The maximum absolute atomic E-state index is 5.63. The Balaban J connectivity index is 1.49. The number of aliphatic imine (C=N–C) groups is 1. The van der Waals surface area contributed by atoms with E-state index in [2.05, 4.69) is 64.8 Å². The van der Waals surface area contributed by atoms with Crippen molar-refractivity contribution in [3.63, 3.8) is 0 Å². The number of anilines is 3. The van der Waals surface area contributed by atoms with Crippen molar-refractivity contribution >= 4 is 29.0 Å². The molecule has 37 heavy (non-hydrogen) atoms. The first kappa shape index (κ1) is 25.1. The first-order valence-electron chi connectivity index (χ1n) is 13.1. The van der Waals surface area contributed by atoms with Crippen molar-refractivity contribution < 1.29 is 9.47 Å². The largest absolute Gasteiger partial charge is 0.497 e. The minimum absolute atomic E-state index is 0.0145. The fraction of sp³-hybridized carbons (Fsp3) is 0.448. The van der Waals surface area contributed by atoms with E-state index in [9.17, 15) is 0 Å². The van der Waals surface area contributed by atoms with E-state index in [1.54, 1.807) is 14.2 Å². The van der Waals surface area contributed by atoms with Crippen molar-refractivity contribution in [3.8, 4) is 11.5 Å². The summed E-state index contributed by atoms with van der Waals surface area (Å²) < 4.78 is 13.1. The highest BCUT2D eigenvalue weighted by molar-refractivity contribution is 5.86. The van der Waals surface area contributed by atoms with E-state index in [1.165, 1.54) is 0 Å². The summed E-state index contributed by atoms with van der Waals surface area (Å²) in [4.78, 5) is 7.20. The second-order valence-corrected chi connectivity index (χ2v) is 10.3. The van der Waals surface area contributed by atoms with Gasteiger partial charge in [-0.15, -0.1) is 0 Å². The van der Waals surface area contributed by atoms with Gasteiger partial charge in [0.05, 0.1) is 37.8 Å². The molecule has 196 valence electrons. The molecule has 8 heteroatoms. The summed E-state index contributed by atoms with van der Waals surface area (Å²) >= 11 is 0. The van der Waals surface area contributed by atoms with Crippen LogP contribution in [0, 0.1) is 0 Å². The van der Waals surface area contributed by atoms with Gasteiger partial charge in [0.2, 0.25) is 0 Å². The van der Waals surface area contributed by atoms with Crippen molar-refractivity contribution in [2.45, 2.75) is 63.7 Å². The number of nitrogens with zero attached hydrogens (tertiary/aromatic N) is 4. The summed E-state index contributed by atoms with van der Waals surface area (Å²) in [5.41, 5.74) is 5.25. The third-order valence-corrected chi connectivity index (χ3v) is 7.26. The number of aryl methyl sites for hydroxylation is 1. The normalized spacial score (nSPS) is 20.9. The highest BCUT2D eigenvalue weighted by Gasteiger charge is 2.29. The zero-order valence-corrected chi connectivity index (χ0v) is 22.4. The van der Waals surface area contributed by atoms with Gasteiger partial charge in [-0.1, -0.05) is 13.8 Å². The quantitative estimate of drug-likeness (QED) is 0.408. The molecule has 0 amide bonds. The van der Waals surface area contributed by atoms with Crippen LogP contribution in [0.4, 0.5) is 22.7 Å². The molecular formula is C29H38N6O2. The van der Waals surface area contributed by atoms with Crippen LogP contribution >= 0.6 is 0 Å². The number of methoxy groups -OCH3 is 2. The fourth-order valence-electron chi connectivity index (χ4n) is 5.51. The number of ether oxygens (including phenoxy) is 2. The monoisotopic (exact) mass is 502 g/mol. The molecule has 0 bridgehead atoms. The van der Waals surface area contributed by atoms with Crippen LogP contribution in [0.3, 0.4) is 0 Å². The molecule has 1 aliphatic heterocycles. The Morgan fingerprint density at radius 1 is 1.00 bits per heavy atom. The average molecular weight is 503 g/mol. The first-order valence-corrected chi connectivity index (χ1v) is 13.1. The molecule has 8 nitrogen and oxygen atoms in total. The molecule has 1 aromatic heterocycles. The van der Waals surface area contributed by atoms with Crippen molar-refractivity contribution in [1.29, 1.82) is 0 Å². The second-order valence-electron chi connectivity index (χ2n) is 10.3. The van der Waals surface area contributed by atoms with Gasteiger partial charge in [-0.3, -0.25) is 9.67 Å². The third-order valence-electron chi connectivity index (χ3n) is 7.26. The average Bonchev–Trinajstić information content (AvgIpc) is 3.35. The van der Waals surface area contributed by atoms with Gasteiger partial charge in [0.1, 0.15) is 11.5 Å². The molecule has 1 aliphatic carbocycles. The Labute approximate surface area is 219 Å². The van der Waals surface area contributed by atoms with Gasteiger partial charge in [0.25, 0.3) is 0 Å². The maximum atomic E-state index is 5.63. The molecule has 1 fully saturated rings. The molecule has 2 heterocycles. The smallest absolute Gasteiger partial charge is 0.124 e. The Morgan fingerprint density at radius 3 is 2.35 bits per heavy atom. The minimum atomic E-state index is -0.0145. The second kappa shape index (κ2) is 10.8. The number of nitrogens with one attached hydrogen (secondary N) is 2. The maximum Gasteiger partial charge on any atom is 0.124 e. The van der Waals surface area contributed by atoms with E-state index in [-0.39, 0.29) is 6.04 Å². The number of rotatable bonds is 8. The molecule has 1 unspecified atom stereocenters. The van der Waals surface area contributed by atoms with Crippen LogP contribution in [0.5, 0.6) is 11.5 Å². The van der Waals surface area contributed by atoms with Crippen molar-refractivity contribution in [3.05, 3.63) is 54.4 Å². The highest BCUT2D eigenvalue weighted by Crippen LogP contribution is 2.42. The molecule has 0 radical (unpaired) electrons. The van der Waals surface area contributed by atoms with E-state index < -0.39 is 0 Å². The molecular weight excluding hydrogens is 464 g/mol. The molecule has 2 N–H and O–H groups in total. The predicted octanol–water partition coefficient (Wildman–Crippen LogP) is 5.75. The molecule has 2 aromatic carbocycles. The van der Waals surface area contributed by atoms with Gasteiger partial charge >= 0.3 is 0 Å². The van der Waals surface area contributed by atoms with E-state index in [0.717, 1.165) is 65.5 Å². The Hall–Kier alpha value is -3.52. The zero-order chi connectivity index (χ0) is 25.9. The molecule has 5 rings (SSSR count). The van der Waals surface area contributed by atoms with Gasteiger partial charge in [-0.2, -0.15) is 5.10 Å². The lowest BCUT2D eigenvalue weighted by atomic mass is 9.89. The van der Waals surface area contributed by atoms with Gasteiger partial charge in [0.15, 0.2) is 0 Å². The number of hydrogen-bond acceptors (Lipinski definition) is 7. The van der Waals surface area contributed by atoms with E-state index in [4.69, 9.17) is 14.5 Å². The summed E-state index contributed by atoms with van der Waals surface area (Å²) in [5.74, 6) is 1.57. The Kier molecular flexibility index (Phi) is 7.37. The first-order chi connectivity index (χ1) is 17.9. The van der Waals surface area contributed by atoms with Gasteiger partial charge in [-0.25, -0.2) is 0 Å². The zero-order valence-electron chi connectivity index (χ0n) is 22.4. The van der Waals surface area contributed by atoms with Crippen LogP contribution in [0.25, 0.3) is 0 Å². The molecule has 0 spiro atoms. The summed E-state index contributed by atoms with van der Waals surface area (Å²) in [6, 6.07) is 14.0. The summed E-state index contributed by atoms with van der Waals surface area (Å²) in [6.07, 6.45) is 10.4. The van der Waals surface area contributed by atoms with Crippen LogP contribution in [0.15, 0.2) is 53.8 Å². The van der Waals surface area contributed by atoms with Gasteiger partial charge in [-0.05, 0) is 43.9 Å². The fourth-order valence-corrected chi connectivity index (χ4v) is 5.51. The van der Waals surface area contributed by atoms with Crippen LogP contribution in [-0.4, -0.2) is 48.3 Å². The van der Waals surface area contributed by atoms with Crippen LogP contribution in [0.2, 0.25) is 0 Å². The molecule has 1 saturated carbocycles. The number of hydrogen-bond donors (Lipinski definition) is 2. The lowest BCUT2D eigenvalue weighted by molar-refractivity contribution is 0.324. The highest BCUT2D eigenvalue weighted by atomic mass is 16.5. The molecule has 1 atom stereocenters. The summed E-state index contributed by atoms with van der Waals surface area (Å²) in [6.45, 7) is 4.45. The minimum Gasteiger partial charge on any atom is -0.497 e. The standard InChI is InChI=1S/C29H38N6O2/c1-19(2)32-21-6-8-22(9-7-21)35(24-12-25(36-4)15-26(13-24)37-5)23-10-11-27-28(14-23)33-29(17-30-27)20-16-31-34(3)18-20/h10-19,21-22,29,32-33H,6-9H2,1-5H3. The number of benzene rings is 2. The predicted molar refractivity (Wildman–Crippen MR) is 150 cm³/mol. The van der Waals surface area contributed by atoms with Crippen molar-refractivity contribution in [2.75, 3.05) is 24.4 Å². The number of fused-ring (bicyclic) bond motifs is 1. The Morgan fingerprint density at radius 2 is 1.73 bits per heavy atom. The van der Waals surface area contributed by atoms with Crippen molar-refractivity contribution in [1.82, 2.24) is 15.1 Å². The summed E-state index contributed by atoms with van der Waals surface area (Å²) in [5, 5.41) is 11.7. The van der Waals surface area contributed by atoms with E-state index in [0.29, 0.717) is 18.1 Å². The Bertz CT molecular complexity index is 1220.